The number of aryl methyl sites for hydroxylation is 1. The standard InChI is InChI=1S/C33H30FN3O2/c1-33(2,25-11-6-5-7-12-25)36-31(38)24-10-8-9-22(19-24)23-15-18-28-27(20-23)29(32(39)35-3)30(37(28)4)21-13-16-26(34)17-14-21/h5-20H,1-4H3,(H,35,39)(H,36,38). The Kier molecular flexibility index (Phi) is 6.79. The van der Waals surface area contributed by atoms with E-state index in [0.717, 1.165) is 33.2 Å². The molecule has 0 aliphatic heterocycles. The van der Waals surface area contributed by atoms with Crippen LogP contribution in [-0.2, 0) is 12.6 Å². The number of halogens is 1. The van der Waals surface area contributed by atoms with E-state index in [9.17, 15) is 14.0 Å². The number of hydrogen-bond donors (Lipinski definition) is 2. The number of carbonyl (C=O) groups is 2. The van der Waals surface area contributed by atoms with Crippen LogP contribution in [0.3, 0.4) is 0 Å². The van der Waals surface area contributed by atoms with Gasteiger partial charge in [-0.3, -0.25) is 9.59 Å². The molecule has 5 rings (SSSR count). The zero-order valence-electron chi connectivity index (χ0n) is 22.4. The van der Waals surface area contributed by atoms with Gasteiger partial charge in [0.05, 0.1) is 16.8 Å². The number of hydrogen-bond acceptors (Lipinski definition) is 2. The maximum atomic E-state index is 13.6. The van der Waals surface area contributed by atoms with Crippen LogP contribution in [0.25, 0.3) is 33.3 Å². The molecule has 0 fully saturated rings. The highest BCUT2D eigenvalue weighted by atomic mass is 19.1. The largest absolute Gasteiger partial charge is 0.355 e. The molecule has 0 atom stereocenters. The summed E-state index contributed by atoms with van der Waals surface area (Å²) in [5, 5.41) is 6.66. The smallest absolute Gasteiger partial charge is 0.253 e. The Hall–Kier alpha value is -4.71. The fraction of sp³-hybridized carbons (Fsp3) is 0.152. The Labute approximate surface area is 227 Å². The molecule has 5 nitrogen and oxygen atoms in total. The van der Waals surface area contributed by atoms with E-state index in [0.29, 0.717) is 16.8 Å². The molecule has 39 heavy (non-hydrogen) atoms. The number of nitrogens with one attached hydrogen (secondary N) is 2. The minimum absolute atomic E-state index is 0.170. The molecule has 0 unspecified atom stereocenters. The van der Waals surface area contributed by atoms with Crippen LogP contribution in [0.1, 0.15) is 40.1 Å². The molecule has 2 N–H and O–H groups in total. The SMILES string of the molecule is CNC(=O)c1c(-c2ccc(F)cc2)n(C)c2ccc(-c3cccc(C(=O)NC(C)(C)c4ccccc4)c3)cc12. The predicted octanol–water partition coefficient (Wildman–Crippen LogP) is 6.68. The first kappa shape index (κ1) is 25.9. The highest BCUT2D eigenvalue weighted by Crippen LogP contribution is 2.36. The summed E-state index contributed by atoms with van der Waals surface area (Å²) >= 11 is 0. The fourth-order valence-electron chi connectivity index (χ4n) is 5.05. The van der Waals surface area contributed by atoms with Crippen LogP contribution in [0, 0.1) is 5.82 Å². The third kappa shape index (κ3) is 4.93. The summed E-state index contributed by atoms with van der Waals surface area (Å²) in [7, 11) is 3.49. The van der Waals surface area contributed by atoms with Crippen molar-refractivity contribution in [3.63, 3.8) is 0 Å². The van der Waals surface area contributed by atoms with Gasteiger partial charge in [-0.25, -0.2) is 4.39 Å². The molecule has 2 amide bonds. The lowest BCUT2D eigenvalue weighted by Gasteiger charge is -2.27. The Bertz CT molecular complexity index is 1690. The molecule has 0 saturated heterocycles. The van der Waals surface area contributed by atoms with E-state index in [4.69, 9.17) is 0 Å². The number of amides is 2. The van der Waals surface area contributed by atoms with Gasteiger partial charge in [0.1, 0.15) is 5.82 Å². The van der Waals surface area contributed by atoms with Crippen molar-refractivity contribution in [2.45, 2.75) is 19.4 Å². The van der Waals surface area contributed by atoms with Crippen molar-refractivity contribution in [3.8, 4) is 22.4 Å². The molecule has 1 aromatic heterocycles. The molecule has 0 radical (unpaired) electrons. The van der Waals surface area contributed by atoms with Crippen molar-refractivity contribution in [3.05, 3.63) is 120 Å². The maximum absolute atomic E-state index is 13.6. The van der Waals surface area contributed by atoms with Gasteiger partial charge in [0, 0.05) is 30.6 Å². The number of fused-ring (bicyclic) bond motifs is 1. The van der Waals surface area contributed by atoms with E-state index in [-0.39, 0.29) is 17.6 Å². The number of carbonyl (C=O) groups excluding carboxylic acids is 2. The molecule has 0 aliphatic carbocycles. The average Bonchev–Trinajstić information content (AvgIpc) is 3.24. The monoisotopic (exact) mass is 519 g/mol. The third-order valence-corrected chi connectivity index (χ3v) is 7.15. The van der Waals surface area contributed by atoms with Crippen molar-refractivity contribution in [2.75, 3.05) is 7.05 Å². The zero-order chi connectivity index (χ0) is 27.7. The summed E-state index contributed by atoms with van der Waals surface area (Å²) in [6, 6.07) is 29.4. The van der Waals surface area contributed by atoms with Crippen LogP contribution in [0.4, 0.5) is 4.39 Å². The van der Waals surface area contributed by atoms with E-state index in [1.54, 1.807) is 25.2 Å². The fourth-order valence-corrected chi connectivity index (χ4v) is 5.05. The van der Waals surface area contributed by atoms with E-state index in [2.05, 4.69) is 10.6 Å². The third-order valence-electron chi connectivity index (χ3n) is 7.15. The van der Waals surface area contributed by atoms with Crippen LogP contribution < -0.4 is 10.6 Å². The van der Waals surface area contributed by atoms with Gasteiger partial charge in [-0.05, 0) is 84.6 Å². The highest BCUT2D eigenvalue weighted by Gasteiger charge is 2.24. The molecular formula is C33H30FN3O2. The summed E-state index contributed by atoms with van der Waals surface area (Å²) in [4.78, 5) is 26.3. The molecule has 0 spiro atoms. The Morgan fingerprint density at radius 1 is 0.769 bits per heavy atom. The van der Waals surface area contributed by atoms with E-state index in [1.165, 1.54) is 12.1 Å². The minimum atomic E-state index is -0.545. The predicted molar refractivity (Wildman–Crippen MR) is 154 cm³/mol. The molecule has 6 heteroatoms. The summed E-state index contributed by atoms with van der Waals surface area (Å²) in [5.41, 5.74) is 5.59. The number of rotatable bonds is 6. The quantitative estimate of drug-likeness (QED) is 0.263. The van der Waals surface area contributed by atoms with E-state index in [1.807, 2.05) is 92.2 Å². The van der Waals surface area contributed by atoms with Crippen LogP contribution in [0.2, 0.25) is 0 Å². The first-order chi connectivity index (χ1) is 18.7. The lowest BCUT2D eigenvalue weighted by molar-refractivity contribution is 0.0910. The maximum Gasteiger partial charge on any atom is 0.253 e. The normalized spacial score (nSPS) is 11.4. The molecule has 0 saturated carbocycles. The molecule has 1 heterocycles. The molecule has 0 aliphatic rings. The van der Waals surface area contributed by atoms with Gasteiger partial charge in [0.15, 0.2) is 0 Å². The molecule has 196 valence electrons. The number of nitrogens with zero attached hydrogens (tertiary/aromatic N) is 1. The number of benzene rings is 4. The summed E-state index contributed by atoms with van der Waals surface area (Å²) in [6.07, 6.45) is 0. The average molecular weight is 520 g/mol. The van der Waals surface area contributed by atoms with Gasteiger partial charge in [0.25, 0.3) is 11.8 Å². The van der Waals surface area contributed by atoms with Crippen molar-refractivity contribution in [1.29, 1.82) is 0 Å². The second-order valence-corrected chi connectivity index (χ2v) is 10.1. The molecule has 4 aromatic carbocycles. The molecule has 5 aromatic rings. The van der Waals surface area contributed by atoms with Crippen LogP contribution in [0.15, 0.2) is 97.1 Å². The van der Waals surface area contributed by atoms with Crippen LogP contribution in [0.5, 0.6) is 0 Å². The summed E-state index contributed by atoms with van der Waals surface area (Å²) in [5.74, 6) is -0.734. The van der Waals surface area contributed by atoms with E-state index < -0.39 is 5.54 Å². The van der Waals surface area contributed by atoms with Gasteiger partial charge in [-0.1, -0.05) is 48.5 Å². The Morgan fingerprint density at radius 3 is 2.13 bits per heavy atom. The molecule has 0 bridgehead atoms. The second-order valence-electron chi connectivity index (χ2n) is 10.1. The van der Waals surface area contributed by atoms with Crippen molar-refractivity contribution < 1.29 is 14.0 Å². The van der Waals surface area contributed by atoms with Gasteiger partial charge in [0.2, 0.25) is 0 Å². The van der Waals surface area contributed by atoms with Gasteiger partial charge in [-0.2, -0.15) is 0 Å². The van der Waals surface area contributed by atoms with Crippen molar-refractivity contribution in [1.82, 2.24) is 15.2 Å². The summed E-state index contributed by atoms with van der Waals surface area (Å²) < 4.78 is 15.6. The lowest BCUT2D eigenvalue weighted by atomic mass is 9.93. The van der Waals surface area contributed by atoms with Crippen LogP contribution in [-0.4, -0.2) is 23.4 Å². The summed E-state index contributed by atoms with van der Waals surface area (Å²) in [6.45, 7) is 3.96. The van der Waals surface area contributed by atoms with Crippen molar-refractivity contribution >= 4 is 22.7 Å². The Morgan fingerprint density at radius 2 is 1.44 bits per heavy atom. The second kappa shape index (κ2) is 10.2. The van der Waals surface area contributed by atoms with E-state index >= 15 is 0 Å². The minimum Gasteiger partial charge on any atom is -0.355 e. The molecular weight excluding hydrogens is 489 g/mol. The van der Waals surface area contributed by atoms with Gasteiger partial charge >= 0.3 is 0 Å². The zero-order valence-corrected chi connectivity index (χ0v) is 22.4. The van der Waals surface area contributed by atoms with Gasteiger partial charge < -0.3 is 15.2 Å². The topological polar surface area (TPSA) is 63.1 Å². The highest BCUT2D eigenvalue weighted by molar-refractivity contribution is 6.13. The first-order valence-corrected chi connectivity index (χ1v) is 12.8. The number of aromatic nitrogens is 1. The van der Waals surface area contributed by atoms with Crippen LogP contribution >= 0.6 is 0 Å². The lowest BCUT2D eigenvalue weighted by Crippen LogP contribution is -2.40. The Balaban J connectivity index is 1.55. The van der Waals surface area contributed by atoms with Gasteiger partial charge in [-0.15, -0.1) is 0 Å². The van der Waals surface area contributed by atoms with Crippen molar-refractivity contribution in [2.24, 2.45) is 7.05 Å². The first-order valence-electron chi connectivity index (χ1n) is 12.8.